The highest BCUT2D eigenvalue weighted by atomic mass is 35.5. The molecule has 0 radical (unpaired) electrons. The van der Waals surface area contributed by atoms with Crippen LogP contribution in [0.25, 0.3) is 11.3 Å². The van der Waals surface area contributed by atoms with Crippen LogP contribution < -0.4 is 14.3 Å². The number of rotatable bonds is 4. The molecule has 0 aliphatic carbocycles. The molecule has 1 aliphatic heterocycles. The first-order valence-corrected chi connectivity index (χ1v) is 10.8. The van der Waals surface area contributed by atoms with Crippen LogP contribution in [0.1, 0.15) is 19.4 Å². The summed E-state index contributed by atoms with van der Waals surface area (Å²) in [7, 11) is 0. The maximum absolute atomic E-state index is 6.22. The first-order chi connectivity index (χ1) is 14.0. The normalized spacial score (nSPS) is 14.2. The molecule has 5 nitrogen and oxygen atoms in total. The van der Waals surface area contributed by atoms with Crippen molar-refractivity contribution in [2.45, 2.75) is 19.9 Å². The quantitative estimate of drug-likeness (QED) is 0.496. The van der Waals surface area contributed by atoms with Gasteiger partial charge in [-0.15, -0.1) is 11.3 Å². The van der Waals surface area contributed by atoms with Crippen LogP contribution in [-0.2, 0) is 0 Å². The van der Waals surface area contributed by atoms with Crippen molar-refractivity contribution in [3.05, 3.63) is 62.2 Å². The number of fused-ring (bicyclic) bond motifs is 1. The molecule has 29 heavy (non-hydrogen) atoms. The zero-order chi connectivity index (χ0) is 20.4. The fourth-order valence-electron chi connectivity index (χ4n) is 2.84. The average molecular weight is 448 g/mol. The van der Waals surface area contributed by atoms with E-state index >= 15 is 0 Å². The van der Waals surface area contributed by atoms with Crippen molar-refractivity contribution in [2.75, 3.05) is 13.2 Å². The summed E-state index contributed by atoms with van der Waals surface area (Å²) in [6.45, 7) is 5.19. The predicted octanol–water partition coefficient (Wildman–Crippen LogP) is 5.49. The third-order valence-corrected chi connectivity index (χ3v) is 5.73. The van der Waals surface area contributed by atoms with E-state index in [1.165, 1.54) is 11.3 Å². The van der Waals surface area contributed by atoms with Gasteiger partial charge in [-0.2, -0.15) is 5.10 Å². The van der Waals surface area contributed by atoms with E-state index in [2.05, 4.69) is 0 Å². The Bertz CT molecular complexity index is 1140. The molecule has 0 amide bonds. The second kappa shape index (κ2) is 8.61. The third-order valence-electron chi connectivity index (χ3n) is 4.16. The highest BCUT2D eigenvalue weighted by molar-refractivity contribution is 7.07. The van der Waals surface area contributed by atoms with Gasteiger partial charge in [0.15, 0.2) is 11.5 Å². The van der Waals surface area contributed by atoms with Crippen LogP contribution >= 0.6 is 34.5 Å². The van der Waals surface area contributed by atoms with Gasteiger partial charge in [-0.3, -0.25) is 4.99 Å². The smallest absolute Gasteiger partial charge is 0.206 e. The van der Waals surface area contributed by atoms with E-state index < -0.39 is 0 Å². The topological polar surface area (TPSA) is 48.1 Å². The van der Waals surface area contributed by atoms with Crippen LogP contribution in [0, 0.1) is 0 Å². The lowest BCUT2D eigenvalue weighted by atomic mass is 10.2. The molecule has 1 aromatic heterocycles. The van der Waals surface area contributed by atoms with Crippen molar-refractivity contribution in [2.24, 2.45) is 10.1 Å². The molecule has 1 aliphatic rings. The second-order valence-corrected chi connectivity index (χ2v) is 8.37. The first-order valence-electron chi connectivity index (χ1n) is 9.15. The Morgan fingerprint density at radius 2 is 1.83 bits per heavy atom. The number of ether oxygens (including phenoxy) is 2. The van der Waals surface area contributed by atoms with E-state index in [-0.39, 0.29) is 6.04 Å². The molecule has 0 bridgehead atoms. The molecule has 0 unspecified atom stereocenters. The summed E-state index contributed by atoms with van der Waals surface area (Å²) in [6, 6.07) is 11.4. The van der Waals surface area contributed by atoms with Gasteiger partial charge in [0.1, 0.15) is 13.2 Å². The average Bonchev–Trinajstić information content (AvgIpc) is 3.10. The molecule has 0 spiro atoms. The molecule has 150 valence electrons. The Kier molecular flexibility index (Phi) is 5.94. The molecule has 4 rings (SSSR count). The number of thiazole rings is 1. The van der Waals surface area contributed by atoms with Crippen molar-refractivity contribution in [1.82, 2.24) is 4.68 Å². The molecule has 0 N–H and O–H groups in total. The SMILES string of the molecule is CC(C)N=c1scc(-c2ccc(Cl)c(Cl)c2)n1/N=C/c1ccc2c(c1)OCCO2. The Morgan fingerprint density at radius 1 is 1.03 bits per heavy atom. The Labute approximate surface area is 182 Å². The minimum absolute atomic E-state index is 0.144. The highest BCUT2D eigenvalue weighted by Crippen LogP contribution is 2.31. The third kappa shape index (κ3) is 4.50. The van der Waals surface area contributed by atoms with E-state index in [1.807, 2.05) is 54.2 Å². The van der Waals surface area contributed by atoms with E-state index in [1.54, 1.807) is 12.3 Å². The zero-order valence-electron chi connectivity index (χ0n) is 15.9. The molecule has 0 atom stereocenters. The van der Waals surface area contributed by atoms with Gasteiger partial charge in [0.2, 0.25) is 4.80 Å². The maximum atomic E-state index is 6.22. The van der Waals surface area contributed by atoms with Crippen molar-refractivity contribution in [3.63, 3.8) is 0 Å². The summed E-state index contributed by atoms with van der Waals surface area (Å²) in [5.74, 6) is 1.48. The highest BCUT2D eigenvalue weighted by Gasteiger charge is 2.12. The van der Waals surface area contributed by atoms with Crippen molar-refractivity contribution in [3.8, 4) is 22.8 Å². The number of nitrogens with zero attached hydrogens (tertiary/aromatic N) is 3. The van der Waals surface area contributed by atoms with Gasteiger partial charge in [-0.1, -0.05) is 29.3 Å². The maximum Gasteiger partial charge on any atom is 0.206 e. The number of aromatic nitrogens is 1. The van der Waals surface area contributed by atoms with E-state index in [9.17, 15) is 0 Å². The van der Waals surface area contributed by atoms with Gasteiger partial charge in [-0.25, -0.2) is 4.68 Å². The fraction of sp³-hybridized carbons (Fsp3) is 0.238. The lowest BCUT2D eigenvalue weighted by Crippen LogP contribution is -2.15. The molecular weight excluding hydrogens is 429 g/mol. The van der Waals surface area contributed by atoms with E-state index in [4.69, 9.17) is 42.8 Å². The van der Waals surface area contributed by atoms with Crippen LogP contribution in [0.15, 0.2) is 51.9 Å². The van der Waals surface area contributed by atoms with Gasteiger partial charge in [-0.05, 0) is 49.7 Å². The van der Waals surface area contributed by atoms with Crippen LogP contribution in [-0.4, -0.2) is 30.1 Å². The molecule has 0 fully saturated rings. The molecule has 8 heteroatoms. The van der Waals surface area contributed by atoms with Gasteiger partial charge < -0.3 is 9.47 Å². The molecule has 0 saturated heterocycles. The van der Waals surface area contributed by atoms with Crippen molar-refractivity contribution < 1.29 is 9.47 Å². The van der Waals surface area contributed by atoms with Crippen LogP contribution in [0.4, 0.5) is 0 Å². The van der Waals surface area contributed by atoms with Gasteiger partial charge in [0.05, 0.1) is 22.0 Å². The van der Waals surface area contributed by atoms with Gasteiger partial charge >= 0.3 is 0 Å². The van der Waals surface area contributed by atoms with Crippen LogP contribution in [0.2, 0.25) is 10.0 Å². The molecule has 2 heterocycles. The monoisotopic (exact) mass is 447 g/mol. The summed E-state index contributed by atoms with van der Waals surface area (Å²) >= 11 is 13.8. The van der Waals surface area contributed by atoms with E-state index in [0.717, 1.165) is 33.1 Å². The van der Waals surface area contributed by atoms with Gasteiger partial charge in [0, 0.05) is 17.0 Å². The zero-order valence-corrected chi connectivity index (χ0v) is 18.3. The Hall–Kier alpha value is -2.28. The molecular formula is C21H19Cl2N3O2S. The minimum Gasteiger partial charge on any atom is -0.486 e. The van der Waals surface area contributed by atoms with Crippen LogP contribution in [0.3, 0.4) is 0 Å². The number of hydrogen-bond donors (Lipinski definition) is 0. The fourth-order valence-corrected chi connectivity index (χ4v) is 4.11. The summed E-state index contributed by atoms with van der Waals surface area (Å²) in [5.41, 5.74) is 2.71. The van der Waals surface area contributed by atoms with Crippen LogP contribution in [0.5, 0.6) is 11.5 Å². The minimum atomic E-state index is 0.144. The number of hydrogen-bond acceptors (Lipinski definition) is 5. The summed E-state index contributed by atoms with van der Waals surface area (Å²) in [6.07, 6.45) is 1.78. The number of halogens is 2. The molecule has 0 saturated carbocycles. The predicted molar refractivity (Wildman–Crippen MR) is 119 cm³/mol. The Morgan fingerprint density at radius 3 is 2.59 bits per heavy atom. The Balaban J connectivity index is 1.76. The van der Waals surface area contributed by atoms with E-state index in [0.29, 0.717) is 23.3 Å². The standard InChI is InChI=1S/C21H19Cl2N3O2S/c1-13(2)25-21-26(18(12-29-21)15-4-5-16(22)17(23)10-15)24-11-14-3-6-19-20(9-14)28-8-7-27-19/h3-6,9-13H,7-8H2,1-2H3/b24-11+,25-21?. The largest absolute Gasteiger partial charge is 0.486 e. The molecule has 2 aromatic carbocycles. The summed E-state index contributed by atoms with van der Waals surface area (Å²) in [4.78, 5) is 5.49. The molecule has 3 aromatic rings. The van der Waals surface area contributed by atoms with Gasteiger partial charge in [0.25, 0.3) is 0 Å². The second-order valence-electron chi connectivity index (χ2n) is 6.71. The lowest BCUT2D eigenvalue weighted by Gasteiger charge is -2.18. The first kappa shape index (κ1) is 20.0. The van der Waals surface area contributed by atoms with Crippen molar-refractivity contribution in [1.29, 1.82) is 0 Å². The summed E-state index contributed by atoms with van der Waals surface area (Å²) in [5, 5.41) is 7.74. The van der Waals surface area contributed by atoms with Crippen molar-refractivity contribution >= 4 is 40.8 Å². The number of benzene rings is 2. The summed E-state index contributed by atoms with van der Waals surface area (Å²) < 4.78 is 13.1. The lowest BCUT2D eigenvalue weighted by molar-refractivity contribution is 0.171.